The number of rotatable bonds is 7. The van der Waals surface area contributed by atoms with Crippen LogP contribution in [0.15, 0.2) is 48.5 Å². The minimum Gasteiger partial charge on any atom is -0.493 e. The fourth-order valence-electron chi connectivity index (χ4n) is 2.62. The van der Waals surface area contributed by atoms with Gasteiger partial charge in [0.15, 0.2) is 17.3 Å². The number of hydrogen-bond donors (Lipinski definition) is 2. The second-order valence-corrected chi connectivity index (χ2v) is 5.64. The number of methoxy groups -OCH3 is 1. The van der Waals surface area contributed by atoms with Crippen LogP contribution in [0.5, 0.6) is 11.5 Å². The first-order valence-electron chi connectivity index (χ1n) is 8.24. The molecule has 3 aromatic rings. The van der Waals surface area contributed by atoms with Gasteiger partial charge in [0.25, 0.3) is 0 Å². The van der Waals surface area contributed by atoms with Crippen molar-refractivity contribution in [1.82, 2.24) is 15.2 Å². The lowest BCUT2D eigenvalue weighted by Crippen LogP contribution is -2.15. The summed E-state index contributed by atoms with van der Waals surface area (Å²) in [6.45, 7) is 2.49. The Labute approximate surface area is 147 Å². The van der Waals surface area contributed by atoms with Crippen LogP contribution in [0, 0.1) is 0 Å². The number of aromatic amines is 1. The molecule has 0 aliphatic heterocycles. The molecule has 25 heavy (non-hydrogen) atoms. The van der Waals surface area contributed by atoms with E-state index in [1.54, 1.807) is 7.11 Å². The molecule has 130 valence electrons. The maximum Gasteiger partial charge on any atom is 0.181 e. The summed E-state index contributed by atoms with van der Waals surface area (Å²) in [6, 6.07) is 15.5. The number of nitrogens with two attached hydrogens (primary N) is 1. The molecule has 6 heteroatoms. The zero-order valence-electron chi connectivity index (χ0n) is 14.4. The van der Waals surface area contributed by atoms with E-state index < -0.39 is 0 Å². The molecule has 0 saturated heterocycles. The van der Waals surface area contributed by atoms with Gasteiger partial charge < -0.3 is 15.2 Å². The highest BCUT2D eigenvalue weighted by atomic mass is 16.5. The molecule has 0 aliphatic carbocycles. The first-order chi connectivity index (χ1) is 12.2. The van der Waals surface area contributed by atoms with Crippen molar-refractivity contribution in [2.24, 2.45) is 5.73 Å². The highest BCUT2D eigenvalue weighted by Gasteiger charge is 2.15. The monoisotopic (exact) mass is 338 g/mol. The molecule has 3 rings (SSSR count). The predicted octanol–water partition coefficient (Wildman–Crippen LogP) is 3.12. The molecule has 0 saturated carbocycles. The van der Waals surface area contributed by atoms with Gasteiger partial charge in [0.1, 0.15) is 5.82 Å². The van der Waals surface area contributed by atoms with E-state index in [1.807, 2.05) is 43.3 Å². The molecule has 0 radical (unpaired) electrons. The topological polar surface area (TPSA) is 86.0 Å². The predicted molar refractivity (Wildman–Crippen MR) is 96.6 cm³/mol. The lowest BCUT2D eigenvalue weighted by atomic mass is 10.1. The number of nitrogens with one attached hydrogen (secondary N) is 1. The summed E-state index contributed by atoms with van der Waals surface area (Å²) < 4.78 is 10.9. The van der Waals surface area contributed by atoms with Gasteiger partial charge in [0.2, 0.25) is 0 Å². The van der Waals surface area contributed by atoms with Gasteiger partial charge >= 0.3 is 0 Å². The zero-order valence-corrected chi connectivity index (χ0v) is 14.4. The highest BCUT2D eigenvalue weighted by Crippen LogP contribution is 2.31. The summed E-state index contributed by atoms with van der Waals surface area (Å²) in [6.07, 6.45) is 0.697. The quantitative estimate of drug-likeness (QED) is 0.691. The van der Waals surface area contributed by atoms with Crippen molar-refractivity contribution in [1.29, 1.82) is 0 Å². The molecule has 1 aromatic heterocycles. The second kappa shape index (κ2) is 7.81. The van der Waals surface area contributed by atoms with Gasteiger partial charge in [0.05, 0.1) is 19.8 Å². The van der Waals surface area contributed by atoms with Crippen LogP contribution in [-0.2, 0) is 6.42 Å². The molecular weight excluding hydrogens is 316 g/mol. The normalized spacial score (nSPS) is 12.0. The van der Waals surface area contributed by atoms with Crippen molar-refractivity contribution >= 4 is 0 Å². The van der Waals surface area contributed by atoms with Crippen LogP contribution in [0.2, 0.25) is 0 Å². The Morgan fingerprint density at radius 3 is 2.64 bits per heavy atom. The van der Waals surface area contributed by atoms with Crippen LogP contribution >= 0.6 is 0 Å². The van der Waals surface area contributed by atoms with Crippen molar-refractivity contribution in [2.75, 3.05) is 13.7 Å². The molecule has 0 unspecified atom stereocenters. The van der Waals surface area contributed by atoms with Crippen LogP contribution in [0.3, 0.4) is 0 Å². The lowest BCUT2D eigenvalue weighted by Gasteiger charge is -2.10. The number of hydrogen-bond acceptors (Lipinski definition) is 5. The van der Waals surface area contributed by atoms with Crippen molar-refractivity contribution in [3.8, 4) is 22.9 Å². The standard InChI is InChI=1S/C19H22N4O2/c1-3-25-17-12-14(9-10-16(17)24-2)18-21-19(23-22-18)15(20)11-13-7-5-4-6-8-13/h4-10,12,15H,3,11,20H2,1-2H3,(H,21,22,23)/t15-/m1/s1. The van der Waals surface area contributed by atoms with E-state index in [0.29, 0.717) is 36.2 Å². The second-order valence-electron chi connectivity index (χ2n) is 5.64. The van der Waals surface area contributed by atoms with E-state index in [0.717, 1.165) is 11.1 Å². The number of benzene rings is 2. The molecule has 2 aromatic carbocycles. The number of H-pyrrole nitrogens is 1. The van der Waals surface area contributed by atoms with E-state index in [1.165, 1.54) is 0 Å². The van der Waals surface area contributed by atoms with Crippen LogP contribution < -0.4 is 15.2 Å². The Kier molecular flexibility index (Phi) is 5.30. The molecule has 0 amide bonds. The summed E-state index contributed by atoms with van der Waals surface area (Å²) in [7, 11) is 1.62. The van der Waals surface area contributed by atoms with E-state index in [4.69, 9.17) is 15.2 Å². The average Bonchev–Trinajstić information content (AvgIpc) is 3.13. The van der Waals surface area contributed by atoms with Crippen LogP contribution in [0.1, 0.15) is 24.4 Å². The van der Waals surface area contributed by atoms with Crippen molar-refractivity contribution in [2.45, 2.75) is 19.4 Å². The van der Waals surface area contributed by atoms with Crippen molar-refractivity contribution in [3.63, 3.8) is 0 Å². The minimum absolute atomic E-state index is 0.242. The Morgan fingerprint density at radius 1 is 1.12 bits per heavy atom. The molecule has 1 heterocycles. The highest BCUT2D eigenvalue weighted by molar-refractivity contribution is 5.61. The van der Waals surface area contributed by atoms with E-state index in [-0.39, 0.29) is 6.04 Å². The molecule has 0 aliphatic rings. The number of ether oxygens (including phenoxy) is 2. The molecule has 6 nitrogen and oxygen atoms in total. The Bertz CT molecular complexity index is 817. The van der Waals surface area contributed by atoms with Gasteiger partial charge in [-0.1, -0.05) is 30.3 Å². The molecule has 3 N–H and O–H groups in total. The van der Waals surface area contributed by atoms with Gasteiger partial charge in [-0.25, -0.2) is 4.98 Å². The Morgan fingerprint density at radius 2 is 1.92 bits per heavy atom. The van der Waals surface area contributed by atoms with E-state index >= 15 is 0 Å². The van der Waals surface area contributed by atoms with E-state index in [9.17, 15) is 0 Å². The fourth-order valence-corrected chi connectivity index (χ4v) is 2.62. The van der Waals surface area contributed by atoms with Crippen molar-refractivity contribution in [3.05, 3.63) is 59.9 Å². The van der Waals surface area contributed by atoms with Crippen molar-refractivity contribution < 1.29 is 9.47 Å². The minimum atomic E-state index is -0.242. The SMILES string of the molecule is CCOc1cc(-c2n[nH]c([C@H](N)Cc3ccccc3)n2)ccc1OC. The number of aromatic nitrogens is 3. The summed E-state index contributed by atoms with van der Waals surface area (Å²) in [5, 5.41) is 7.24. The van der Waals surface area contributed by atoms with Gasteiger partial charge in [-0.15, -0.1) is 0 Å². The maximum atomic E-state index is 6.26. The fraction of sp³-hybridized carbons (Fsp3) is 0.263. The zero-order chi connectivity index (χ0) is 17.6. The summed E-state index contributed by atoms with van der Waals surface area (Å²) in [5.74, 6) is 2.60. The summed E-state index contributed by atoms with van der Waals surface area (Å²) in [4.78, 5) is 4.55. The van der Waals surface area contributed by atoms with Crippen LogP contribution in [0.25, 0.3) is 11.4 Å². The van der Waals surface area contributed by atoms with Gasteiger partial charge in [0, 0.05) is 5.56 Å². The third kappa shape index (κ3) is 3.97. The molecule has 0 fully saturated rings. The Hall–Kier alpha value is -2.86. The summed E-state index contributed by atoms with van der Waals surface area (Å²) >= 11 is 0. The maximum absolute atomic E-state index is 6.26. The smallest absolute Gasteiger partial charge is 0.181 e. The molecule has 1 atom stereocenters. The third-order valence-corrected chi connectivity index (χ3v) is 3.87. The van der Waals surface area contributed by atoms with E-state index in [2.05, 4.69) is 27.3 Å². The summed E-state index contributed by atoms with van der Waals surface area (Å²) in [5.41, 5.74) is 8.27. The van der Waals surface area contributed by atoms with Gasteiger partial charge in [-0.3, -0.25) is 5.10 Å². The average molecular weight is 338 g/mol. The number of nitrogens with zero attached hydrogens (tertiary/aromatic N) is 2. The Balaban J connectivity index is 1.80. The van der Waals surface area contributed by atoms with Crippen LogP contribution in [-0.4, -0.2) is 28.9 Å². The first kappa shape index (κ1) is 17.0. The van der Waals surface area contributed by atoms with Crippen LogP contribution in [0.4, 0.5) is 0 Å². The molecular formula is C19H22N4O2. The van der Waals surface area contributed by atoms with Gasteiger partial charge in [-0.2, -0.15) is 5.10 Å². The van der Waals surface area contributed by atoms with Gasteiger partial charge in [-0.05, 0) is 37.1 Å². The lowest BCUT2D eigenvalue weighted by molar-refractivity contribution is 0.311. The largest absolute Gasteiger partial charge is 0.493 e. The third-order valence-electron chi connectivity index (χ3n) is 3.87. The first-order valence-corrected chi connectivity index (χ1v) is 8.24. The molecule has 0 spiro atoms. The molecule has 0 bridgehead atoms.